The minimum absolute atomic E-state index is 0.0720. The molecule has 1 saturated heterocycles. The van der Waals surface area contributed by atoms with Crippen LogP contribution in [0.5, 0.6) is 0 Å². The minimum Gasteiger partial charge on any atom is -0.350 e. The summed E-state index contributed by atoms with van der Waals surface area (Å²) >= 11 is 8.26. The SMILES string of the molecule is C=CC(=O)N1CCN(c2nc(=O)n3c4c(c(C(=C)/C(F)=C\C=C/C)c(Cl)cc24)SCC3)[C@@H](C)C1. The number of halogens is 2. The van der Waals surface area contributed by atoms with Crippen LogP contribution in [0.4, 0.5) is 10.2 Å². The third kappa shape index (κ3) is 4.20. The number of thioether (sulfide) groups is 1. The first-order valence-corrected chi connectivity index (χ1v) is 12.4. The van der Waals surface area contributed by atoms with Crippen molar-refractivity contribution in [2.45, 2.75) is 31.3 Å². The van der Waals surface area contributed by atoms with Crippen molar-refractivity contribution in [1.82, 2.24) is 14.5 Å². The minimum atomic E-state index is -0.485. The van der Waals surface area contributed by atoms with E-state index in [2.05, 4.69) is 18.1 Å². The standard InChI is InChI=1S/C25H26ClFN4O2S/c1-5-7-8-19(27)16(4)21-18(26)13-17-22-23(21)34-12-11-31(22)25(33)28-24(17)30-10-9-29(14-15(30)3)20(32)6-2/h5-8,13,15H,2,4,9-12,14H2,1,3H3/b7-5-,19-8+/t15-/m0/s1. The Morgan fingerprint density at radius 3 is 2.79 bits per heavy atom. The summed E-state index contributed by atoms with van der Waals surface area (Å²) in [6.45, 7) is 13.3. The lowest BCUT2D eigenvalue weighted by Crippen LogP contribution is -2.54. The van der Waals surface area contributed by atoms with E-state index in [9.17, 15) is 14.0 Å². The molecule has 1 aromatic heterocycles. The predicted octanol–water partition coefficient (Wildman–Crippen LogP) is 4.82. The first-order valence-electron chi connectivity index (χ1n) is 11.0. The number of benzene rings is 1. The van der Waals surface area contributed by atoms with Crippen molar-refractivity contribution in [3.05, 3.63) is 70.4 Å². The van der Waals surface area contributed by atoms with Gasteiger partial charge in [0.15, 0.2) is 0 Å². The zero-order valence-corrected chi connectivity index (χ0v) is 20.8. The lowest BCUT2D eigenvalue weighted by atomic mass is 10.0. The Kier molecular flexibility index (Phi) is 7.00. The summed E-state index contributed by atoms with van der Waals surface area (Å²) in [6, 6.07) is 1.68. The van der Waals surface area contributed by atoms with Crippen molar-refractivity contribution in [3.8, 4) is 0 Å². The molecular weight excluding hydrogens is 475 g/mol. The third-order valence-corrected chi connectivity index (χ3v) is 7.49. The highest BCUT2D eigenvalue weighted by atomic mass is 35.5. The Morgan fingerprint density at radius 1 is 1.35 bits per heavy atom. The highest BCUT2D eigenvalue weighted by molar-refractivity contribution is 7.99. The van der Waals surface area contributed by atoms with E-state index in [1.807, 2.05) is 11.8 Å². The van der Waals surface area contributed by atoms with Gasteiger partial charge >= 0.3 is 5.69 Å². The maximum absolute atomic E-state index is 14.8. The summed E-state index contributed by atoms with van der Waals surface area (Å²) < 4.78 is 16.5. The number of carbonyl (C=O) groups excluding carboxylic acids is 1. The third-order valence-electron chi connectivity index (χ3n) is 6.12. The molecule has 0 radical (unpaired) electrons. The molecule has 178 valence electrons. The molecule has 1 aromatic carbocycles. The number of hydrogen-bond acceptors (Lipinski definition) is 5. The summed E-state index contributed by atoms with van der Waals surface area (Å²) in [6.07, 6.45) is 5.99. The maximum atomic E-state index is 14.8. The number of aryl methyl sites for hydroxylation is 1. The molecule has 6 nitrogen and oxygen atoms in total. The molecular formula is C25H26ClFN4O2S. The van der Waals surface area contributed by atoms with Crippen molar-refractivity contribution in [3.63, 3.8) is 0 Å². The van der Waals surface area contributed by atoms with Gasteiger partial charge in [0.2, 0.25) is 5.91 Å². The number of aromatic nitrogens is 2. The summed E-state index contributed by atoms with van der Waals surface area (Å²) in [5.41, 5.74) is 1.01. The van der Waals surface area contributed by atoms with Gasteiger partial charge in [0.05, 0.1) is 10.5 Å². The largest absolute Gasteiger partial charge is 0.350 e. The van der Waals surface area contributed by atoms with Gasteiger partial charge in [-0.3, -0.25) is 9.36 Å². The van der Waals surface area contributed by atoms with Gasteiger partial charge in [-0.1, -0.05) is 36.9 Å². The Labute approximate surface area is 207 Å². The van der Waals surface area contributed by atoms with Gasteiger partial charge in [-0.05, 0) is 32.1 Å². The van der Waals surface area contributed by atoms with Crippen LogP contribution < -0.4 is 10.6 Å². The second kappa shape index (κ2) is 9.80. The maximum Gasteiger partial charge on any atom is 0.350 e. The van der Waals surface area contributed by atoms with Gasteiger partial charge in [0, 0.05) is 59.4 Å². The van der Waals surface area contributed by atoms with Gasteiger partial charge in [-0.15, -0.1) is 11.8 Å². The van der Waals surface area contributed by atoms with E-state index >= 15 is 0 Å². The lowest BCUT2D eigenvalue weighted by Gasteiger charge is -2.40. The van der Waals surface area contributed by atoms with Crippen LogP contribution in [0.1, 0.15) is 19.4 Å². The second-order valence-electron chi connectivity index (χ2n) is 8.23. The molecule has 2 aliphatic heterocycles. The Bertz CT molecular complexity index is 1320. The molecule has 9 heteroatoms. The predicted molar refractivity (Wildman–Crippen MR) is 138 cm³/mol. The van der Waals surface area contributed by atoms with Gasteiger partial charge in [-0.25, -0.2) is 9.18 Å². The first-order chi connectivity index (χ1) is 16.3. The van der Waals surface area contributed by atoms with Gasteiger partial charge in [0.25, 0.3) is 0 Å². The molecule has 0 N–H and O–H groups in total. The zero-order valence-electron chi connectivity index (χ0n) is 19.2. The van der Waals surface area contributed by atoms with Crippen molar-refractivity contribution in [1.29, 1.82) is 0 Å². The van der Waals surface area contributed by atoms with Crippen LogP contribution in [-0.2, 0) is 11.3 Å². The molecule has 1 amide bonds. The molecule has 0 aliphatic carbocycles. The fourth-order valence-corrected chi connectivity index (χ4v) is 6.04. The molecule has 2 aliphatic rings. The smallest absolute Gasteiger partial charge is 0.350 e. The van der Waals surface area contributed by atoms with E-state index in [4.69, 9.17) is 11.6 Å². The summed E-state index contributed by atoms with van der Waals surface area (Å²) in [5.74, 6) is 0.568. The highest BCUT2D eigenvalue weighted by Crippen LogP contribution is 2.45. The normalized spacial score (nSPS) is 18.6. The number of allylic oxidation sites excluding steroid dienone is 5. The molecule has 34 heavy (non-hydrogen) atoms. The molecule has 4 rings (SSSR count). The number of amides is 1. The summed E-state index contributed by atoms with van der Waals surface area (Å²) in [4.78, 5) is 34.1. The van der Waals surface area contributed by atoms with Crippen LogP contribution in [0.3, 0.4) is 0 Å². The Morgan fingerprint density at radius 2 is 2.12 bits per heavy atom. The average molecular weight is 501 g/mol. The molecule has 1 atom stereocenters. The Balaban J connectivity index is 1.88. The molecule has 2 aromatic rings. The monoisotopic (exact) mass is 500 g/mol. The molecule has 0 unspecified atom stereocenters. The molecule has 3 heterocycles. The number of anilines is 1. The summed E-state index contributed by atoms with van der Waals surface area (Å²) in [7, 11) is 0. The van der Waals surface area contributed by atoms with Gasteiger partial charge in [0.1, 0.15) is 11.6 Å². The molecule has 0 bridgehead atoms. The topological polar surface area (TPSA) is 58.4 Å². The molecule has 1 fully saturated rings. The quantitative estimate of drug-likeness (QED) is 0.435. The van der Waals surface area contributed by atoms with Crippen molar-refractivity contribution < 1.29 is 9.18 Å². The fourth-order valence-electron chi connectivity index (χ4n) is 4.45. The van der Waals surface area contributed by atoms with E-state index in [0.29, 0.717) is 53.9 Å². The van der Waals surface area contributed by atoms with Gasteiger partial charge < -0.3 is 9.80 Å². The van der Waals surface area contributed by atoms with E-state index in [1.54, 1.807) is 34.6 Å². The molecule has 0 saturated carbocycles. The van der Waals surface area contributed by atoms with E-state index in [1.165, 1.54) is 23.9 Å². The van der Waals surface area contributed by atoms with E-state index in [0.717, 1.165) is 10.3 Å². The summed E-state index contributed by atoms with van der Waals surface area (Å²) in [5, 5.41) is 1.09. The number of rotatable bonds is 5. The Hall–Kier alpha value is -2.84. The van der Waals surface area contributed by atoms with Crippen LogP contribution in [0, 0.1) is 0 Å². The number of carbonyl (C=O) groups is 1. The zero-order chi connectivity index (χ0) is 24.6. The average Bonchev–Trinajstić information content (AvgIpc) is 2.83. The first kappa shape index (κ1) is 24.3. The van der Waals surface area contributed by atoms with Crippen LogP contribution in [0.2, 0.25) is 5.02 Å². The van der Waals surface area contributed by atoms with Crippen LogP contribution in [0.25, 0.3) is 16.5 Å². The van der Waals surface area contributed by atoms with Crippen LogP contribution >= 0.6 is 23.4 Å². The fraction of sp³-hybridized carbons (Fsp3) is 0.320. The second-order valence-corrected chi connectivity index (χ2v) is 9.74. The van der Waals surface area contributed by atoms with Crippen molar-refractivity contribution in [2.75, 3.05) is 30.3 Å². The van der Waals surface area contributed by atoms with E-state index in [-0.39, 0.29) is 23.2 Å². The van der Waals surface area contributed by atoms with Gasteiger partial charge in [-0.2, -0.15) is 4.98 Å². The van der Waals surface area contributed by atoms with Crippen LogP contribution in [-0.4, -0.2) is 51.8 Å². The number of nitrogens with zero attached hydrogens (tertiary/aromatic N) is 4. The van der Waals surface area contributed by atoms with E-state index < -0.39 is 5.83 Å². The number of piperazine rings is 1. The van der Waals surface area contributed by atoms with Crippen molar-refractivity contribution >= 4 is 51.6 Å². The van der Waals surface area contributed by atoms with Crippen molar-refractivity contribution in [2.24, 2.45) is 0 Å². The lowest BCUT2D eigenvalue weighted by molar-refractivity contribution is -0.126. The highest BCUT2D eigenvalue weighted by Gasteiger charge is 2.31. The number of hydrogen-bond donors (Lipinski definition) is 0. The molecule has 0 spiro atoms. The van der Waals surface area contributed by atoms with Crippen LogP contribution in [0.15, 0.2) is 59.0 Å².